The minimum Gasteiger partial charge on any atom is -0.478 e. The lowest BCUT2D eigenvalue weighted by Crippen LogP contribution is -2.10. The molecule has 0 saturated carbocycles. The summed E-state index contributed by atoms with van der Waals surface area (Å²) >= 11 is 0. The van der Waals surface area contributed by atoms with E-state index in [0.29, 0.717) is 29.7 Å². The number of nitrogens with zero attached hydrogens (tertiary/aromatic N) is 3. The van der Waals surface area contributed by atoms with E-state index in [1.165, 1.54) is 6.20 Å². The van der Waals surface area contributed by atoms with E-state index in [0.717, 1.165) is 0 Å². The number of carboxylic acid groups (broad SMARTS) is 1. The van der Waals surface area contributed by atoms with Crippen LogP contribution in [0.15, 0.2) is 12.4 Å². The van der Waals surface area contributed by atoms with Crippen LogP contribution < -0.4 is 5.32 Å². The van der Waals surface area contributed by atoms with E-state index in [2.05, 4.69) is 15.4 Å². The van der Waals surface area contributed by atoms with Gasteiger partial charge in [0.1, 0.15) is 5.56 Å². The molecule has 0 radical (unpaired) electrons. The maximum atomic E-state index is 11.1. The predicted molar refractivity (Wildman–Crippen MR) is 65.7 cm³/mol. The third kappa shape index (κ3) is 2.12. The summed E-state index contributed by atoms with van der Waals surface area (Å²) in [7, 11) is 1.74. The first kappa shape index (κ1) is 12.3. The van der Waals surface area contributed by atoms with Crippen molar-refractivity contribution in [3.63, 3.8) is 0 Å². The number of aliphatic hydroxyl groups excluding tert-OH is 1. The van der Waals surface area contributed by atoms with Gasteiger partial charge in [-0.15, -0.1) is 0 Å². The monoisotopic (exact) mass is 250 g/mol. The third-order valence-corrected chi connectivity index (χ3v) is 2.63. The first-order valence-corrected chi connectivity index (χ1v) is 5.54. The Morgan fingerprint density at radius 3 is 2.94 bits per heavy atom. The van der Waals surface area contributed by atoms with Crippen molar-refractivity contribution in [1.82, 2.24) is 14.8 Å². The zero-order valence-corrected chi connectivity index (χ0v) is 9.92. The fraction of sp³-hybridized carbons (Fsp3) is 0.364. The van der Waals surface area contributed by atoms with Crippen LogP contribution in [0.1, 0.15) is 16.8 Å². The highest BCUT2D eigenvalue weighted by molar-refractivity contribution is 6.03. The molecule has 7 heteroatoms. The normalized spacial score (nSPS) is 10.8. The Kier molecular flexibility index (Phi) is 3.42. The van der Waals surface area contributed by atoms with Crippen molar-refractivity contribution in [3.05, 3.63) is 18.0 Å². The molecule has 2 aromatic rings. The Labute approximate surface area is 103 Å². The Morgan fingerprint density at radius 2 is 2.28 bits per heavy atom. The fourth-order valence-electron chi connectivity index (χ4n) is 1.74. The molecule has 0 bridgehead atoms. The number of aromatic carboxylic acids is 1. The smallest absolute Gasteiger partial charge is 0.339 e. The number of aromatic nitrogens is 3. The van der Waals surface area contributed by atoms with E-state index in [4.69, 9.17) is 10.2 Å². The molecule has 0 aliphatic rings. The average molecular weight is 250 g/mol. The van der Waals surface area contributed by atoms with Crippen molar-refractivity contribution in [2.45, 2.75) is 6.42 Å². The van der Waals surface area contributed by atoms with Gasteiger partial charge in [0.15, 0.2) is 5.65 Å². The Hall–Kier alpha value is -2.15. The summed E-state index contributed by atoms with van der Waals surface area (Å²) in [5.74, 6) is -1.04. The zero-order valence-electron chi connectivity index (χ0n) is 9.92. The quantitative estimate of drug-likeness (QED) is 0.666. The van der Waals surface area contributed by atoms with Crippen molar-refractivity contribution in [2.75, 3.05) is 18.5 Å². The molecule has 0 atom stereocenters. The van der Waals surface area contributed by atoms with Gasteiger partial charge in [0.2, 0.25) is 0 Å². The van der Waals surface area contributed by atoms with Crippen LogP contribution in [-0.2, 0) is 7.05 Å². The van der Waals surface area contributed by atoms with Crippen LogP contribution in [0.25, 0.3) is 11.0 Å². The summed E-state index contributed by atoms with van der Waals surface area (Å²) < 4.78 is 1.58. The SMILES string of the molecule is Cn1ncc2c(NCCCO)c(C(=O)O)cnc21. The number of aryl methyl sites for hydroxylation is 1. The van der Waals surface area contributed by atoms with Gasteiger partial charge in [0.05, 0.1) is 17.3 Å². The summed E-state index contributed by atoms with van der Waals surface area (Å²) in [6, 6.07) is 0. The van der Waals surface area contributed by atoms with Crippen LogP contribution >= 0.6 is 0 Å². The number of pyridine rings is 1. The van der Waals surface area contributed by atoms with E-state index in [9.17, 15) is 4.79 Å². The van der Waals surface area contributed by atoms with Crippen LogP contribution in [0.4, 0.5) is 5.69 Å². The third-order valence-electron chi connectivity index (χ3n) is 2.63. The highest BCUT2D eigenvalue weighted by atomic mass is 16.4. The van der Waals surface area contributed by atoms with Gasteiger partial charge in [-0.3, -0.25) is 4.68 Å². The molecule has 0 saturated heterocycles. The largest absolute Gasteiger partial charge is 0.478 e. The molecule has 3 N–H and O–H groups in total. The minimum atomic E-state index is -1.04. The van der Waals surface area contributed by atoms with Crippen molar-refractivity contribution in [3.8, 4) is 0 Å². The molecule has 2 rings (SSSR count). The van der Waals surface area contributed by atoms with E-state index < -0.39 is 5.97 Å². The second-order valence-electron chi connectivity index (χ2n) is 3.86. The van der Waals surface area contributed by atoms with Gasteiger partial charge in [-0.05, 0) is 6.42 Å². The van der Waals surface area contributed by atoms with Crippen molar-refractivity contribution < 1.29 is 15.0 Å². The number of carbonyl (C=O) groups is 1. The average Bonchev–Trinajstić information content (AvgIpc) is 2.72. The zero-order chi connectivity index (χ0) is 13.1. The number of carboxylic acids is 1. The molecule has 0 aliphatic carbocycles. The molecule has 2 heterocycles. The molecule has 0 fully saturated rings. The molecule has 0 unspecified atom stereocenters. The summed E-state index contributed by atoms with van der Waals surface area (Å²) in [5.41, 5.74) is 1.22. The fourth-order valence-corrected chi connectivity index (χ4v) is 1.74. The summed E-state index contributed by atoms with van der Waals surface area (Å²) in [6.45, 7) is 0.543. The number of hydrogen-bond donors (Lipinski definition) is 3. The Morgan fingerprint density at radius 1 is 1.50 bits per heavy atom. The number of hydrogen-bond acceptors (Lipinski definition) is 5. The van der Waals surface area contributed by atoms with Crippen LogP contribution in [0.5, 0.6) is 0 Å². The van der Waals surface area contributed by atoms with Gasteiger partial charge in [0, 0.05) is 26.4 Å². The molecule has 96 valence electrons. The molecule has 2 aromatic heterocycles. The summed E-state index contributed by atoms with van der Waals surface area (Å²) in [6.07, 6.45) is 3.44. The van der Waals surface area contributed by atoms with E-state index >= 15 is 0 Å². The lowest BCUT2D eigenvalue weighted by Gasteiger charge is -2.09. The lowest BCUT2D eigenvalue weighted by atomic mass is 10.2. The molecule has 0 amide bonds. The topological polar surface area (TPSA) is 100 Å². The standard InChI is InChI=1S/C11H14N4O3/c1-15-10-7(6-14-15)9(12-3-2-4-16)8(5-13-10)11(17)18/h5-6,16H,2-4H2,1H3,(H,12,13)(H,17,18). The first-order valence-electron chi connectivity index (χ1n) is 5.54. The van der Waals surface area contributed by atoms with Crippen LogP contribution in [0.2, 0.25) is 0 Å². The molecule has 7 nitrogen and oxygen atoms in total. The van der Waals surface area contributed by atoms with Crippen molar-refractivity contribution in [2.24, 2.45) is 7.05 Å². The number of nitrogens with one attached hydrogen (secondary N) is 1. The Bertz CT molecular complexity index is 579. The summed E-state index contributed by atoms with van der Waals surface area (Å²) in [5, 5.41) is 25.6. The van der Waals surface area contributed by atoms with E-state index in [1.807, 2.05) is 0 Å². The highest BCUT2D eigenvalue weighted by Crippen LogP contribution is 2.25. The van der Waals surface area contributed by atoms with Gasteiger partial charge in [-0.1, -0.05) is 0 Å². The maximum absolute atomic E-state index is 11.1. The number of fused-ring (bicyclic) bond motifs is 1. The number of rotatable bonds is 5. The number of anilines is 1. The second kappa shape index (κ2) is 5.01. The number of aliphatic hydroxyl groups is 1. The van der Waals surface area contributed by atoms with Gasteiger partial charge < -0.3 is 15.5 Å². The molecular formula is C11H14N4O3. The lowest BCUT2D eigenvalue weighted by molar-refractivity contribution is 0.0697. The van der Waals surface area contributed by atoms with E-state index in [-0.39, 0.29) is 12.2 Å². The van der Waals surface area contributed by atoms with Gasteiger partial charge in [-0.25, -0.2) is 9.78 Å². The Balaban J connectivity index is 2.48. The van der Waals surface area contributed by atoms with Crippen molar-refractivity contribution >= 4 is 22.7 Å². The molecule has 0 spiro atoms. The molecule has 0 aliphatic heterocycles. The molecular weight excluding hydrogens is 236 g/mol. The van der Waals surface area contributed by atoms with Crippen molar-refractivity contribution in [1.29, 1.82) is 0 Å². The van der Waals surface area contributed by atoms with Gasteiger partial charge in [-0.2, -0.15) is 5.10 Å². The first-order chi connectivity index (χ1) is 8.65. The van der Waals surface area contributed by atoms with Crippen LogP contribution in [0, 0.1) is 0 Å². The predicted octanol–water partition coefficient (Wildman–Crippen LogP) is 0.461. The molecule has 0 aromatic carbocycles. The van der Waals surface area contributed by atoms with Gasteiger partial charge >= 0.3 is 5.97 Å². The minimum absolute atomic E-state index is 0.0523. The maximum Gasteiger partial charge on any atom is 0.339 e. The molecule has 18 heavy (non-hydrogen) atoms. The van der Waals surface area contributed by atoms with Crippen LogP contribution in [0.3, 0.4) is 0 Å². The summed E-state index contributed by atoms with van der Waals surface area (Å²) in [4.78, 5) is 15.2. The second-order valence-corrected chi connectivity index (χ2v) is 3.86. The highest BCUT2D eigenvalue weighted by Gasteiger charge is 2.16. The van der Waals surface area contributed by atoms with Gasteiger partial charge in [0.25, 0.3) is 0 Å². The van der Waals surface area contributed by atoms with Crippen LogP contribution in [-0.4, -0.2) is 44.1 Å². The van der Waals surface area contributed by atoms with E-state index in [1.54, 1.807) is 17.9 Å².